The monoisotopic (exact) mass is 254 g/mol. The van der Waals surface area contributed by atoms with Crippen LogP contribution in [-0.4, -0.2) is 19.5 Å². The van der Waals surface area contributed by atoms with Crippen LogP contribution in [0.15, 0.2) is 41.3 Å². The summed E-state index contributed by atoms with van der Waals surface area (Å²) in [7, 11) is -3.40. The number of sulfone groups is 1. The molecule has 0 aliphatic carbocycles. The molecule has 0 bridgehead atoms. The van der Waals surface area contributed by atoms with Gasteiger partial charge in [-0.15, -0.1) is 0 Å². The number of carboxylic acid groups (broad SMARTS) is 1. The molecule has 1 aromatic rings. The van der Waals surface area contributed by atoms with Crippen molar-refractivity contribution in [1.82, 2.24) is 0 Å². The molecule has 17 heavy (non-hydrogen) atoms. The lowest BCUT2D eigenvalue weighted by atomic mass is 10.2. The summed E-state index contributed by atoms with van der Waals surface area (Å²) < 4.78 is 23.4. The molecule has 0 aromatic heterocycles. The van der Waals surface area contributed by atoms with E-state index in [1.54, 1.807) is 24.3 Å². The van der Waals surface area contributed by atoms with Crippen molar-refractivity contribution in [3.63, 3.8) is 0 Å². The molecule has 0 amide bonds. The summed E-state index contributed by atoms with van der Waals surface area (Å²) in [6.45, 7) is 1.50. The fourth-order valence-electron chi connectivity index (χ4n) is 1.43. The fourth-order valence-corrected chi connectivity index (χ4v) is 2.87. The lowest BCUT2D eigenvalue weighted by Gasteiger charge is -2.01. The normalized spacial score (nSPS) is 12.4. The zero-order valence-electron chi connectivity index (χ0n) is 9.46. The van der Waals surface area contributed by atoms with Gasteiger partial charge in [0.15, 0.2) is 9.84 Å². The zero-order valence-corrected chi connectivity index (χ0v) is 10.3. The highest BCUT2D eigenvalue weighted by Gasteiger charge is 2.10. The van der Waals surface area contributed by atoms with E-state index in [1.165, 1.54) is 6.92 Å². The van der Waals surface area contributed by atoms with E-state index < -0.39 is 15.8 Å². The average molecular weight is 254 g/mol. The highest BCUT2D eigenvalue weighted by Crippen LogP contribution is 2.10. The lowest BCUT2D eigenvalue weighted by molar-refractivity contribution is -0.136. The van der Waals surface area contributed by atoms with Gasteiger partial charge in [0, 0.05) is 5.41 Å². The first-order valence-corrected chi connectivity index (χ1v) is 6.76. The van der Waals surface area contributed by atoms with Gasteiger partial charge in [-0.2, -0.15) is 0 Å². The number of hydrogen-bond acceptors (Lipinski definition) is 3. The predicted octanol–water partition coefficient (Wildman–Crippen LogP) is 1.98. The van der Waals surface area contributed by atoms with Gasteiger partial charge in [0.2, 0.25) is 0 Å². The molecule has 0 aliphatic rings. The van der Waals surface area contributed by atoms with E-state index in [0.29, 0.717) is 11.1 Å². The third-order valence-corrected chi connectivity index (χ3v) is 3.52. The quantitative estimate of drug-likeness (QED) is 0.872. The van der Waals surface area contributed by atoms with E-state index in [2.05, 4.69) is 0 Å². The van der Waals surface area contributed by atoms with E-state index in [4.69, 9.17) is 5.11 Å². The second-order valence-electron chi connectivity index (χ2n) is 3.83. The van der Waals surface area contributed by atoms with E-state index >= 15 is 0 Å². The molecule has 0 spiro atoms. The minimum absolute atomic E-state index is 0.106. The first kappa shape index (κ1) is 13.4. The summed E-state index contributed by atoms with van der Waals surface area (Å²) in [4.78, 5) is 10.4. The Morgan fingerprint density at radius 1 is 1.29 bits per heavy atom. The fraction of sp³-hybridized carbons (Fsp3) is 0.250. The van der Waals surface area contributed by atoms with Crippen LogP contribution in [0.4, 0.5) is 0 Å². The van der Waals surface area contributed by atoms with Crippen molar-refractivity contribution < 1.29 is 18.3 Å². The van der Waals surface area contributed by atoms with Crippen LogP contribution < -0.4 is 0 Å². The van der Waals surface area contributed by atoms with Crippen LogP contribution in [0.2, 0.25) is 0 Å². The topological polar surface area (TPSA) is 71.4 Å². The molecule has 1 N–H and O–H groups in total. The molecule has 0 unspecified atom stereocenters. The van der Waals surface area contributed by atoms with Gasteiger partial charge in [-0.1, -0.05) is 35.9 Å². The molecule has 0 heterocycles. The number of aliphatic carboxylic acids is 1. The molecule has 1 rings (SSSR count). The maximum absolute atomic E-state index is 11.7. The minimum atomic E-state index is -3.40. The maximum atomic E-state index is 11.7. The van der Waals surface area contributed by atoms with E-state index in [0.717, 1.165) is 5.41 Å². The van der Waals surface area contributed by atoms with Crippen molar-refractivity contribution in [2.75, 3.05) is 0 Å². The molecule has 92 valence electrons. The molecule has 0 atom stereocenters. The number of benzene rings is 1. The molecule has 0 fully saturated rings. The van der Waals surface area contributed by atoms with Gasteiger partial charge in [0.05, 0.1) is 12.2 Å². The minimum Gasteiger partial charge on any atom is -0.481 e. The van der Waals surface area contributed by atoms with Crippen LogP contribution in [-0.2, 0) is 20.4 Å². The second kappa shape index (κ2) is 5.63. The summed E-state index contributed by atoms with van der Waals surface area (Å²) in [5.41, 5.74) is 1.01. The van der Waals surface area contributed by atoms with E-state index in [1.807, 2.05) is 6.07 Å². The Hall–Kier alpha value is -1.62. The third-order valence-electron chi connectivity index (χ3n) is 2.02. The molecular formula is C12H14O4S. The zero-order chi connectivity index (χ0) is 12.9. The smallest absolute Gasteiger partial charge is 0.307 e. The summed E-state index contributed by atoms with van der Waals surface area (Å²) in [6.07, 6.45) is -0.256. The van der Waals surface area contributed by atoms with Crippen LogP contribution >= 0.6 is 0 Å². The molecule has 4 nitrogen and oxygen atoms in total. The Bertz CT molecular complexity index is 515. The van der Waals surface area contributed by atoms with Crippen molar-refractivity contribution in [2.45, 2.75) is 19.1 Å². The van der Waals surface area contributed by atoms with Crippen LogP contribution in [0.25, 0.3) is 0 Å². The van der Waals surface area contributed by atoms with Gasteiger partial charge < -0.3 is 5.11 Å². The number of carbonyl (C=O) groups is 1. The number of hydrogen-bond donors (Lipinski definition) is 1. The van der Waals surface area contributed by atoms with Crippen molar-refractivity contribution >= 4 is 15.8 Å². The SMILES string of the molecule is CC(=CS(=O)(=O)Cc1ccccc1)CC(=O)O. The van der Waals surface area contributed by atoms with Crippen LogP contribution in [0.1, 0.15) is 18.9 Å². The lowest BCUT2D eigenvalue weighted by Crippen LogP contribution is -2.03. The Labute approximate surface area is 101 Å². The summed E-state index contributed by atoms with van der Waals surface area (Å²) in [5, 5.41) is 9.57. The Morgan fingerprint density at radius 3 is 2.41 bits per heavy atom. The molecule has 0 radical (unpaired) electrons. The van der Waals surface area contributed by atoms with Crippen LogP contribution in [0, 0.1) is 0 Å². The summed E-state index contributed by atoms with van der Waals surface area (Å²) in [6, 6.07) is 8.77. The molecule has 0 saturated heterocycles. The summed E-state index contributed by atoms with van der Waals surface area (Å²) in [5.74, 6) is -1.14. The van der Waals surface area contributed by atoms with Gasteiger partial charge in [-0.3, -0.25) is 4.79 Å². The number of carboxylic acids is 1. The maximum Gasteiger partial charge on any atom is 0.307 e. The Kier molecular flexibility index (Phi) is 4.45. The van der Waals surface area contributed by atoms with Crippen molar-refractivity contribution in [2.24, 2.45) is 0 Å². The second-order valence-corrected chi connectivity index (χ2v) is 5.68. The van der Waals surface area contributed by atoms with Crippen molar-refractivity contribution in [1.29, 1.82) is 0 Å². The Balaban J connectivity index is 2.80. The van der Waals surface area contributed by atoms with Gasteiger partial charge in [0.25, 0.3) is 0 Å². The average Bonchev–Trinajstić information content (AvgIpc) is 2.15. The van der Waals surface area contributed by atoms with E-state index in [9.17, 15) is 13.2 Å². The molecule has 5 heteroatoms. The Morgan fingerprint density at radius 2 is 1.88 bits per heavy atom. The summed E-state index contributed by atoms with van der Waals surface area (Å²) >= 11 is 0. The molecule has 0 aliphatic heterocycles. The van der Waals surface area contributed by atoms with E-state index in [-0.39, 0.29) is 12.2 Å². The highest BCUT2D eigenvalue weighted by atomic mass is 32.2. The van der Waals surface area contributed by atoms with Crippen molar-refractivity contribution in [3.8, 4) is 0 Å². The third kappa shape index (κ3) is 5.31. The largest absolute Gasteiger partial charge is 0.481 e. The van der Waals surface area contributed by atoms with Gasteiger partial charge in [0.1, 0.15) is 0 Å². The van der Waals surface area contributed by atoms with Gasteiger partial charge in [-0.05, 0) is 12.5 Å². The van der Waals surface area contributed by atoms with Gasteiger partial charge in [-0.25, -0.2) is 8.42 Å². The van der Waals surface area contributed by atoms with Crippen LogP contribution in [0.5, 0.6) is 0 Å². The number of rotatable bonds is 5. The van der Waals surface area contributed by atoms with Crippen molar-refractivity contribution in [3.05, 3.63) is 46.9 Å². The standard InChI is InChI=1S/C12H14O4S/c1-10(7-12(13)14)8-17(15,16)9-11-5-3-2-4-6-11/h2-6,8H,7,9H2,1H3,(H,13,14). The highest BCUT2D eigenvalue weighted by molar-refractivity contribution is 7.93. The first-order valence-electron chi connectivity index (χ1n) is 5.05. The first-order chi connectivity index (χ1) is 7.89. The molecule has 0 saturated carbocycles. The predicted molar refractivity (Wildman–Crippen MR) is 65.1 cm³/mol. The van der Waals surface area contributed by atoms with Crippen LogP contribution in [0.3, 0.4) is 0 Å². The van der Waals surface area contributed by atoms with Gasteiger partial charge >= 0.3 is 5.97 Å². The molecular weight excluding hydrogens is 240 g/mol. The molecule has 1 aromatic carbocycles.